The Morgan fingerprint density at radius 2 is 2.08 bits per heavy atom. The topological polar surface area (TPSA) is 98.5 Å². The van der Waals surface area contributed by atoms with Crippen molar-refractivity contribution >= 4 is 45.5 Å². The molecule has 0 aliphatic rings. The third-order valence-corrected chi connectivity index (χ3v) is 4.14. The van der Waals surface area contributed by atoms with Crippen molar-refractivity contribution in [2.75, 3.05) is 5.32 Å². The summed E-state index contributed by atoms with van der Waals surface area (Å²) in [5, 5.41) is 12.8. The van der Waals surface area contributed by atoms with Gasteiger partial charge in [0.2, 0.25) is 0 Å². The van der Waals surface area contributed by atoms with Gasteiger partial charge in [0.25, 0.3) is 5.91 Å². The molecule has 1 N–H and O–H groups in total. The van der Waals surface area contributed by atoms with E-state index in [2.05, 4.69) is 5.32 Å². The lowest BCUT2D eigenvalue weighted by Gasteiger charge is -2.13. The van der Waals surface area contributed by atoms with Gasteiger partial charge in [-0.3, -0.25) is 14.9 Å². The highest BCUT2D eigenvalue weighted by atomic mass is 35.5. The molecule has 1 atom stereocenters. The summed E-state index contributed by atoms with van der Waals surface area (Å²) < 4.78 is 17.9. The number of thiophene rings is 1. The molecule has 1 aromatic heterocycles. The van der Waals surface area contributed by atoms with Crippen LogP contribution in [0, 0.1) is 15.9 Å². The summed E-state index contributed by atoms with van der Waals surface area (Å²) in [6, 6.07) is 5.82. The van der Waals surface area contributed by atoms with Gasteiger partial charge < -0.3 is 10.1 Å². The number of amides is 1. The monoisotopic (exact) mass is 372 g/mol. The zero-order valence-electron chi connectivity index (χ0n) is 12.1. The maximum atomic E-state index is 12.9. The van der Waals surface area contributed by atoms with Crippen LogP contribution in [0.3, 0.4) is 0 Å². The molecule has 2 aromatic rings. The molecule has 10 heteroatoms. The lowest BCUT2D eigenvalue weighted by molar-refractivity contribution is -0.380. The summed E-state index contributed by atoms with van der Waals surface area (Å²) in [5.74, 6) is -2.10. The van der Waals surface area contributed by atoms with E-state index in [0.717, 1.165) is 12.1 Å². The number of esters is 1. The van der Waals surface area contributed by atoms with E-state index in [4.69, 9.17) is 16.3 Å². The molecular formula is C14H10ClFN2O5S. The van der Waals surface area contributed by atoms with E-state index in [1.54, 1.807) is 0 Å². The SMILES string of the molecule is C[C@@H](OC(=O)c1ccc([N+](=O)[O-])s1)C(=O)Nc1ccc(F)cc1Cl. The summed E-state index contributed by atoms with van der Waals surface area (Å²) in [6.45, 7) is 1.33. The fourth-order valence-corrected chi connectivity index (χ4v) is 2.55. The molecule has 0 saturated heterocycles. The third kappa shape index (κ3) is 4.27. The second-order valence-electron chi connectivity index (χ2n) is 4.56. The maximum Gasteiger partial charge on any atom is 0.349 e. The number of hydrogen-bond acceptors (Lipinski definition) is 6. The number of carbonyl (C=O) groups excluding carboxylic acids is 2. The van der Waals surface area contributed by atoms with Crippen LogP contribution >= 0.6 is 22.9 Å². The normalized spacial score (nSPS) is 11.6. The average molecular weight is 373 g/mol. The molecule has 0 bridgehead atoms. The zero-order valence-corrected chi connectivity index (χ0v) is 13.7. The molecule has 0 aliphatic carbocycles. The average Bonchev–Trinajstić information content (AvgIpc) is 3.00. The molecule has 0 unspecified atom stereocenters. The molecule has 7 nitrogen and oxygen atoms in total. The minimum absolute atomic E-state index is 0.00108. The van der Waals surface area contributed by atoms with E-state index in [1.807, 2.05) is 0 Å². The Morgan fingerprint density at radius 3 is 2.67 bits per heavy atom. The second kappa shape index (κ2) is 7.37. The lowest BCUT2D eigenvalue weighted by atomic mass is 10.3. The van der Waals surface area contributed by atoms with E-state index in [0.29, 0.717) is 11.3 Å². The van der Waals surface area contributed by atoms with Gasteiger partial charge in [0, 0.05) is 6.07 Å². The predicted molar refractivity (Wildman–Crippen MR) is 85.9 cm³/mol. The van der Waals surface area contributed by atoms with Crippen LogP contribution in [0.5, 0.6) is 0 Å². The highest BCUT2D eigenvalue weighted by molar-refractivity contribution is 7.17. The highest BCUT2D eigenvalue weighted by Crippen LogP contribution is 2.25. The van der Waals surface area contributed by atoms with Gasteiger partial charge in [0.15, 0.2) is 6.10 Å². The Morgan fingerprint density at radius 1 is 1.38 bits per heavy atom. The molecule has 0 fully saturated rings. The quantitative estimate of drug-likeness (QED) is 0.491. The first-order chi connectivity index (χ1) is 11.3. The predicted octanol–water partition coefficient (Wildman–Crippen LogP) is 3.63. The van der Waals surface area contributed by atoms with Crippen LogP contribution in [0.4, 0.5) is 15.1 Å². The number of benzene rings is 1. The van der Waals surface area contributed by atoms with Gasteiger partial charge >= 0.3 is 11.0 Å². The van der Waals surface area contributed by atoms with Gasteiger partial charge in [-0.1, -0.05) is 22.9 Å². The van der Waals surface area contributed by atoms with Crippen molar-refractivity contribution in [1.29, 1.82) is 0 Å². The van der Waals surface area contributed by atoms with Gasteiger partial charge in [0.1, 0.15) is 10.7 Å². The van der Waals surface area contributed by atoms with Crippen molar-refractivity contribution < 1.29 is 23.6 Å². The molecule has 2 rings (SSSR count). The molecule has 126 valence electrons. The smallest absolute Gasteiger partial charge is 0.349 e. The van der Waals surface area contributed by atoms with Crippen molar-refractivity contribution in [3.05, 3.63) is 56.2 Å². The number of nitrogens with zero attached hydrogens (tertiary/aromatic N) is 1. The van der Waals surface area contributed by atoms with Crippen LogP contribution < -0.4 is 5.32 Å². The Kier molecular flexibility index (Phi) is 5.47. The third-order valence-electron chi connectivity index (χ3n) is 2.81. The summed E-state index contributed by atoms with van der Waals surface area (Å²) >= 11 is 6.43. The first kappa shape index (κ1) is 17.8. The zero-order chi connectivity index (χ0) is 17.9. The van der Waals surface area contributed by atoms with Crippen LogP contribution in [0.1, 0.15) is 16.6 Å². The summed E-state index contributed by atoms with van der Waals surface area (Å²) in [4.78, 5) is 33.8. The first-order valence-corrected chi connectivity index (χ1v) is 7.68. The van der Waals surface area contributed by atoms with Gasteiger partial charge in [-0.2, -0.15) is 0 Å². The number of halogens is 2. The minimum Gasteiger partial charge on any atom is -0.448 e. The van der Waals surface area contributed by atoms with Crippen molar-refractivity contribution in [2.24, 2.45) is 0 Å². The molecule has 1 heterocycles. The molecule has 1 amide bonds. The van der Waals surface area contributed by atoms with Crippen molar-refractivity contribution in [2.45, 2.75) is 13.0 Å². The Balaban J connectivity index is 2.00. The van der Waals surface area contributed by atoms with E-state index in [9.17, 15) is 24.1 Å². The summed E-state index contributed by atoms with van der Waals surface area (Å²) in [7, 11) is 0. The Hall–Kier alpha value is -2.52. The number of ether oxygens (including phenoxy) is 1. The van der Waals surface area contributed by atoms with Gasteiger partial charge in [-0.05, 0) is 31.2 Å². The maximum absolute atomic E-state index is 12.9. The first-order valence-electron chi connectivity index (χ1n) is 6.49. The molecule has 0 saturated carbocycles. The number of nitro groups is 1. The largest absolute Gasteiger partial charge is 0.448 e. The van der Waals surface area contributed by atoms with Gasteiger partial charge in [0.05, 0.1) is 15.6 Å². The van der Waals surface area contributed by atoms with E-state index >= 15 is 0 Å². The number of carbonyl (C=O) groups is 2. The summed E-state index contributed by atoms with van der Waals surface area (Å²) in [6.07, 6.45) is -1.18. The van der Waals surface area contributed by atoms with Crippen LogP contribution in [0.2, 0.25) is 5.02 Å². The number of rotatable bonds is 5. The Bertz CT molecular complexity index is 810. The number of nitrogens with one attached hydrogen (secondary N) is 1. The van der Waals surface area contributed by atoms with Crippen LogP contribution in [-0.2, 0) is 9.53 Å². The van der Waals surface area contributed by atoms with Gasteiger partial charge in [-0.25, -0.2) is 9.18 Å². The van der Waals surface area contributed by atoms with Crippen molar-refractivity contribution in [3.8, 4) is 0 Å². The fourth-order valence-electron chi connectivity index (χ4n) is 1.63. The van der Waals surface area contributed by atoms with Crippen molar-refractivity contribution in [3.63, 3.8) is 0 Å². The minimum atomic E-state index is -1.18. The van der Waals surface area contributed by atoms with Crippen LogP contribution in [-0.4, -0.2) is 22.9 Å². The highest BCUT2D eigenvalue weighted by Gasteiger charge is 2.22. The fraction of sp³-hybridized carbons (Fsp3) is 0.143. The molecule has 0 aliphatic heterocycles. The van der Waals surface area contributed by atoms with Crippen molar-refractivity contribution in [1.82, 2.24) is 0 Å². The molecule has 1 aromatic carbocycles. The molecule has 0 radical (unpaired) electrons. The second-order valence-corrected chi connectivity index (χ2v) is 6.03. The van der Waals surface area contributed by atoms with E-state index < -0.39 is 28.7 Å². The lowest BCUT2D eigenvalue weighted by Crippen LogP contribution is -2.29. The number of anilines is 1. The van der Waals surface area contributed by atoms with E-state index in [-0.39, 0.29) is 20.6 Å². The molecule has 0 spiro atoms. The molecular weight excluding hydrogens is 363 g/mol. The van der Waals surface area contributed by atoms with E-state index in [1.165, 1.54) is 25.1 Å². The Labute approximate surface area is 144 Å². The van der Waals surface area contributed by atoms with Crippen LogP contribution in [0.25, 0.3) is 0 Å². The van der Waals surface area contributed by atoms with Gasteiger partial charge in [-0.15, -0.1) is 0 Å². The summed E-state index contributed by atoms with van der Waals surface area (Å²) in [5.41, 5.74) is 0.165. The number of hydrogen-bond donors (Lipinski definition) is 1. The standard InChI is InChI=1S/C14H10ClFN2O5S/c1-7(13(19)17-10-3-2-8(16)6-9(10)15)23-14(20)11-4-5-12(24-11)18(21)22/h2-7H,1H3,(H,17,19)/t7-/m1/s1. The van der Waals surface area contributed by atoms with Crippen LogP contribution in [0.15, 0.2) is 30.3 Å². The molecule has 24 heavy (non-hydrogen) atoms.